The second-order valence-corrected chi connectivity index (χ2v) is 10.2. The van der Waals surface area contributed by atoms with E-state index in [1.807, 2.05) is 36.1 Å². The Morgan fingerprint density at radius 1 is 0.806 bits per heavy atom. The van der Waals surface area contributed by atoms with Crippen LogP contribution in [-0.2, 0) is 22.9 Å². The molecule has 0 bridgehead atoms. The molecule has 0 radical (unpaired) electrons. The molecule has 0 saturated carbocycles. The Bertz CT molecular complexity index is 1270. The SMILES string of the molecule is C[C@@H]1Cc2ccccc2N1C(=O)c1ccc2c(c1)C[C@H](C)N2S(=O)(=O)c1ccccc1. The Hall–Kier alpha value is -3.12. The highest BCUT2D eigenvalue weighted by atomic mass is 32.2. The maximum absolute atomic E-state index is 13.4. The molecular formula is C25H24N2O3S. The van der Waals surface area contributed by atoms with Crippen molar-refractivity contribution in [3.05, 3.63) is 89.5 Å². The number of hydrogen-bond acceptors (Lipinski definition) is 3. The summed E-state index contributed by atoms with van der Waals surface area (Å²) in [7, 11) is -3.66. The Labute approximate surface area is 183 Å². The van der Waals surface area contributed by atoms with Crippen LogP contribution in [0, 0.1) is 0 Å². The van der Waals surface area contributed by atoms with E-state index in [9.17, 15) is 13.2 Å². The van der Waals surface area contributed by atoms with E-state index in [1.165, 1.54) is 9.87 Å². The number of carbonyl (C=O) groups is 1. The molecule has 0 saturated heterocycles. The molecular weight excluding hydrogens is 408 g/mol. The second-order valence-electron chi connectivity index (χ2n) is 8.37. The third-order valence-corrected chi connectivity index (χ3v) is 8.15. The molecule has 0 fully saturated rings. The first-order valence-corrected chi connectivity index (χ1v) is 12.0. The van der Waals surface area contributed by atoms with Gasteiger partial charge in [0.2, 0.25) is 0 Å². The summed E-state index contributed by atoms with van der Waals surface area (Å²) in [5.74, 6) is -0.0442. The van der Waals surface area contributed by atoms with Crippen molar-refractivity contribution in [1.29, 1.82) is 0 Å². The molecule has 0 unspecified atom stereocenters. The molecule has 3 aromatic rings. The second kappa shape index (κ2) is 7.24. The smallest absolute Gasteiger partial charge is 0.264 e. The lowest BCUT2D eigenvalue weighted by atomic mass is 10.1. The van der Waals surface area contributed by atoms with Gasteiger partial charge in [0.05, 0.1) is 10.6 Å². The summed E-state index contributed by atoms with van der Waals surface area (Å²) in [4.78, 5) is 15.5. The lowest BCUT2D eigenvalue weighted by molar-refractivity contribution is 0.0981. The van der Waals surface area contributed by atoms with Gasteiger partial charge in [-0.3, -0.25) is 9.10 Å². The van der Waals surface area contributed by atoms with Crippen LogP contribution in [0.5, 0.6) is 0 Å². The number of para-hydroxylation sites is 1. The van der Waals surface area contributed by atoms with Gasteiger partial charge in [-0.15, -0.1) is 0 Å². The van der Waals surface area contributed by atoms with Crippen LogP contribution in [0.4, 0.5) is 11.4 Å². The zero-order valence-corrected chi connectivity index (χ0v) is 18.3. The molecule has 31 heavy (non-hydrogen) atoms. The van der Waals surface area contributed by atoms with Gasteiger partial charge >= 0.3 is 0 Å². The van der Waals surface area contributed by atoms with E-state index in [0.29, 0.717) is 17.7 Å². The number of benzene rings is 3. The normalized spacial score (nSPS) is 19.9. The molecule has 0 aliphatic carbocycles. The molecule has 3 aromatic carbocycles. The van der Waals surface area contributed by atoms with E-state index in [-0.39, 0.29) is 22.9 Å². The molecule has 6 heteroatoms. The quantitative estimate of drug-likeness (QED) is 0.616. The zero-order chi connectivity index (χ0) is 21.8. The van der Waals surface area contributed by atoms with Crippen LogP contribution < -0.4 is 9.21 Å². The summed E-state index contributed by atoms with van der Waals surface area (Å²) in [6, 6.07) is 21.8. The van der Waals surface area contributed by atoms with Crippen molar-refractivity contribution in [2.75, 3.05) is 9.21 Å². The summed E-state index contributed by atoms with van der Waals surface area (Å²) >= 11 is 0. The van der Waals surface area contributed by atoms with Crippen molar-refractivity contribution < 1.29 is 13.2 Å². The predicted octanol–water partition coefficient (Wildman–Crippen LogP) is 4.42. The van der Waals surface area contributed by atoms with Crippen LogP contribution >= 0.6 is 0 Å². The van der Waals surface area contributed by atoms with E-state index < -0.39 is 10.0 Å². The van der Waals surface area contributed by atoms with Gasteiger partial charge in [-0.05, 0) is 74.2 Å². The number of fused-ring (bicyclic) bond motifs is 2. The minimum Gasteiger partial charge on any atom is -0.305 e. The van der Waals surface area contributed by atoms with E-state index in [4.69, 9.17) is 0 Å². The first-order valence-electron chi connectivity index (χ1n) is 10.5. The highest BCUT2D eigenvalue weighted by molar-refractivity contribution is 7.92. The Morgan fingerprint density at radius 2 is 1.48 bits per heavy atom. The molecule has 5 nitrogen and oxygen atoms in total. The minimum absolute atomic E-state index is 0.0442. The van der Waals surface area contributed by atoms with Crippen LogP contribution in [-0.4, -0.2) is 26.4 Å². The number of anilines is 2. The third kappa shape index (κ3) is 3.13. The van der Waals surface area contributed by atoms with Gasteiger partial charge in [-0.1, -0.05) is 36.4 Å². The number of carbonyl (C=O) groups excluding carboxylic acids is 1. The molecule has 2 heterocycles. The highest BCUT2D eigenvalue weighted by Crippen LogP contribution is 2.38. The van der Waals surface area contributed by atoms with Gasteiger partial charge in [0.15, 0.2) is 0 Å². The van der Waals surface area contributed by atoms with Crippen molar-refractivity contribution in [2.24, 2.45) is 0 Å². The number of sulfonamides is 1. The van der Waals surface area contributed by atoms with E-state index in [0.717, 1.165) is 17.7 Å². The van der Waals surface area contributed by atoms with Crippen molar-refractivity contribution in [3.63, 3.8) is 0 Å². The first kappa shape index (κ1) is 19.8. The van der Waals surface area contributed by atoms with Crippen molar-refractivity contribution in [3.8, 4) is 0 Å². The highest BCUT2D eigenvalue weighted by Gasteiger charge is 2.37. The summed E-state index contributed by atoms with van der Waals surface area (Å²) in [5, 5.41) is 0. The molecule has 2 aliphatic rings. The van der Waals surface area contributed by atoms with Crippen LogP contribution in [0.3, 0.4) is 0 Å². The fourth-order valence-electron chi connectivity index (χ4n) is 4.82. The van der Waals surface area contributed by atoms with Gasteiger partial charge in [0.25, 0.3) is 15.9 Å². The number of rotatable bonds is 3. The molecule has 5 rings (SSSR count). The standard InChI is InChI=1S/C25H24N2O3S/c1-17-14-19-8-6-7-11-23(19)26(17)25(28)20-12-13-24-21(16-20)15-18(2)27(24)31(29,30)22-9-4-3-5-10-22/h3-13,16-18H,14-15H2,1-2H3/t17-,18+/m1/s1. The first-order chi connectivity index (χ1) is 14.9. The zero-order valence-electron chi connectivity index (χ0n) is 17.5. The van der Waals surface area contributed by atoms with E-state index >= 15 is 0 Å². The van der Waals surface area contributed by atoms with Gasteiger partial charge in [-0.2, -0.15) is 0 Å². The number of amides is 1. The van der Waals surface area contributed by atoms with Gasteiger partial charge in [0, 0.05) is 23.3 Å². The molecule has 2 aliphatic heterocycles. The average Bonchev–Trinajstić information content (AvgIpc) is 3.28. The molecule has 158 valence electrons. The Kier molecular flexibility index (Phi) is 4.63. The summed E-state index contributed by atoms with van der Waals surface area (Å²) in [5.41, 5.74) is 4.27. The van der Waals surface area contributed by atoms with Crippen molar-refractivity contribution in [1.82, 2.24) is 0 Å². The molecule has 0 N–H and O–H groups in total. The van der Waals surface area contributed by atoms with E-state index in [2.05, 4.69) is 13.0 Å². The fraction of sp³-hybridized carbons (Fsp3) is 0.240. The van der Waals surface area contributed by atoms with Crippen LogP contribution in [0.25, 0.3) is 0 Å². The van der Waals surface area contributed by atoms with Crippen LogP contribution in [0.15, 0.2) is 77.7 Å². The molecule has 0 spiro atoms. The van der Waals surface area contributed by atoms with Gasteiger partial charge < -0.3 is 4.90 Å². The van der Waals surface area contributed by atoms with Gasteiger partial charge in [0.1, 0.15) is 0 Å². The number of hydrogen-bond donors (Lipinski definition) is 0. The minimum atomic E-state index is -3.66. The van der Waals surface area contributed by atoms with Gasteiger partial charge in [-0.25, -0.2) is 8.42 Å². The largest absolute Gasteiger partial charge is 0.305 e. The maximum Gasteiger partial charge on any atom is 0.264 e. The van der Waals surface area contributed by atoms with Crippen LogP contribution in [0.1, 0.15) is 35.3 Å². The van der Waals surface area contributed by atoms with Crippen molar-refractivity contribution in [2.45, 2.75) is 43.7 Å². The maximum atomic E-state index is 13.4. The monoisotopic (exact) mass is 432 g/mol. The lowest BCUT2D eigenvalue weighted by Gasteiger charge is -2.25. The third-order valence-electron chi connectivity index (χ3n) is 6.21. The number of nitrogens with zero attached hydrogens (tertiary/aromatic N) is 2. The Balaban J connectivity index is 1.50. The fourth-order valence-corrected chi connectivity index (χ4v) is 6.54. The average molecular weight is 433 g/mol. The topological polar surface area (TPSA) is 57.7 Å². The molecule has 1 amide bonds. The summed E-state index contributed by atoms with van der Waals surface area (Å²) in [6.45, 7) is 3.96. The van der Waals surface area contributed by atoms with E-state index in [1.54, 1.807) is 42.5 Å². The molecule has 2 atom stereocenters. The lowest BCUT2D eigenvalue weighted by Crippen LogP contribution is -2.36. The Morgan fingerprint density at radius 3 is 2.26 bits per heavy atom. The molecule has 0 aromatic heterocycles. The predicted molar refractivity (Wildman–Crippen MR) is 122 cm³/mol. The summed E-state index contributed by atoms with van der Waals surface area (Å²) in [6.07, 6.45) is 1.42. The van der Waals surface area contributed by atoms with Crippen LogP contribution in [0.2, 0.25) is 0 Å². The van der Waals surface area contributed by atoms with Crippen molar-refractivity contribution >= 4 is 27.3 Å². The summed E-state index contributed by atoms with van der Waals surface area (Å²) < 4.78 is 28.0.